The summed E-state index contributed by atoms with van der Waals surface area (Å²) in [5.74, 6) is -0.127. The van der Waals surface area contributed by atoms with Gasteiger partial charge in [-0.1, -0.05) is 78.8 Å². The van der Waals surface area contributed by atoms with Gasteiger partial charge < -0.3 is 23.8 Å². The van der Waals surface area contributed by atoms with Crippen LogP contribution in [0.5, 0.6) is 0 Å². The van der Waals surface area contributed by atoms with Gasteiger partial charge in [0.2, 0.25) is 0 Å². The van der Waals surface area contributed by atoms with Gasteiger partial charge in [0.05, 0.1) is 32.0 Å². The molecule has 4 atom stereocenters. The molecule has 0 aliphatic carbocycles. The van der Waals surface area contributed by atoms with E-state index in [1.54, 1.807) is 6.92 Å². The minimum absolute atomic E-state index is 0.127. The van der Waals surface area contributed by atoms with Crippen molar-refractivity contribution in [2.24, 2.45) is 5.92 Å². The summed E-state index contributed by atoms with van der Waals surface area (Å²) in [4.78, 5) is 0. The first kappa shape index (κ1) is 24.5. The molecule has 1 aromatic carbocycles. The molecule has 0 unspecified atom stereocenters. The standard InChI is InChI=1S/C23H40O5Si/c1-17-19(15-26-14-18-12-10-9-11-13-18)27-29(21(2,3)4,22(5,6)7)28-20(17)23(8,25)16-24/h9-13,17,19-20,24-25H,14-16H2,1-8H3/t17-,19-,20-,23+/m0/s1. The predicted octanol–water partition coefficient (Wildman–Crippen LogP) is 4.41. The Balaban J connectivity index is 2.33. The van der Waals surface area contributed by atoms with Crippen LogP contribution >= 0.6 is 0 Å². The zero-order valence-corrected chi connectivity index (χ0v) is 20.4. The molecule has 29 heavy (non-hydrogen) atoms. The van der Waals surface area contributed by atoms with E-state index in [9.17, 15) is 10.2 Å². The molecule has 0 saturated carbocycles. The second-order valence-corrected chi connectivity index (χ2v) is 15.4. The Kier molecular flexibility index (Phi) is 7.41. The van der Waals surface area contributed by atoms with Crippen molar-refractivity contribution in [2.75, 3.05) is 13.2 Å². The topological polar surface area (TPSA) is 68.2 Å². The fraction of sp³-hybridized carbons (Fsp3) is 0.739. The molecule has 0 aromatic heterocycles. The Bertz CT molecular complexity index is 633. The molecule has 1 aliphatic rings. The zero-order valence-electron chi connectivity index (χ0n) is 19.4. The molecule has 0 amide bonds. The first-order chi connectivity index (χ1) is 13.2. The number of aliphatic hydroxyl groups excluding tert-OH is 1. The van der Waals surface area contributed by atoms with E-state index in [4.69, 9.17) is 13.6 Å². The van der Waals surface area contributed by atoms with Gasteiger partial charge in [-0.2, -0.15) is 0 Å². The highest BCUT2D eigenvalue weighted by molar-refractivity contribution is 6.73. The average molecular weight is 425 g/mol. The van der Waals surface area contributed by atoms with Gasteiger partial charge in [0.15, 0.2) is 0 Å². The second-order valence-electron chi connectivity index (χ2n) is 10.7. The maximum Gasteiger partial charge on any atom is 0.349 e. The first-order valence-electron chi connectivity index (χ1n) is 10.6. The third-order valence-electron chi connectivity index (χ3n) is 5.98. The Morgan fingerprint density at radius 3 is 2.00 bits per heavy atom. The van der Waals surface area contributed by atoms with E-state index in [0.29, 0.717) is 13.2 Å². The second kappa shape index (κ2) is 8.77. The lowest BCUT2D eigenvalue weighted by molar-refractivity contribution is -0.172. The molecule has 2 rings (SSSR count). The van der Waals surface area contributed by atoms with Gasteiger partial charge in [0.1, 0.15) is 5.60 Å². The zero-order chi connectivity index (χ0) is 22.1. The molecule has 0 spiro atoms. The van der Waals surface area contributed by atoms with Gasteiger partial charge in [-0.15, -0.1) is 0 Å². The molecule has 1 saturated heterocycles. The summed E-state index contributed by atoms with van der Waals surface area (Å²) in [6, 6.07) is 10.1. The first-order valence-corrected chi connectivity index (χ1v) is 12.4. The van der Waals surface area contributed by atoms with Crippen molar-refractivity contribution in [3.63, 3.8) is 0 Å². The van der Waals surface area contributed by atoms with E-state index < -0.39 is 20.3 Å². The summed E-state index contributed by atoms with van der Waals surface area (Å²) in [5.41, 5.74) is -0.239. The summed E-state index contributed by atoms with van der Waals surface area (Å²) in [7, 11) is -2.86. The predicted molar refractivity (Wildman–Crippen MR) is 118 cm³/mol. The number of hydrogen-bond donors (Lipinski definition) is 2. The Hall–Kier alpha value is -0.763. The summed E-state index contributed by atoms with van der Waals surface area (Å²) >= 11 is 0. The quantitative estimate of drug-likeness (QED) is 0.662. The summed E-state index contributed by atoms with van der Waals surface area (Å²) in [5, 5.41) is 20.4. The van der Waals surface area contributed by atoms with Crippen molar-refractivity contribution in [3.8, 4) is 0 Å². The van der Waals surface area contributed by atoms with Crippen LogP contribution in [-0.2, 0) is 20.2 Å². The van der Waals surface area contributed by atoms with E-state index in [-0.39, 0.29) is 28.7 Å². The van der Waals surface area contributed by atoms with Crippen LogP contribution in [0.3, 0.4) is 0 Å². The monoisotopic (exact) mass is 424 g/mol. The number of aliphatic hydroxyl groups is 2. The van der Waals surface area contributed by atoms with Crippen molar-refractivity contribution < 1.29 is 23.8 Å². The lowest BCUT2D eigenvalue weighted by Gasteiger charge is -2.58. The van der Waals surface area contributed by atoms with Crippen molar-refractivity contribution in [3.05, 3.63) is 35.9 Å². The molecule has 166 valence electrons. The molecule has 2 N–H and O–H groups in total. The van der Waals surface area contributed by atoms with E-state index in [0.717, 1.165) is 5.56 Å². The summed E-state index contributed by atoms with van der Waals surface area (Å²) in [6.45, 7) is 17.1. The van der Waals surface area contributed by atoms with Crippen molar-refractivity contribution in [1.29, 1.82) is 0 Å². The summed E-state index contributed by atoms with van der Waals surface area (Å²) < 4.78 is 19.6. The highest BCUT2D eigenvalue weighted by Crippen LogP contribution is 2.56. The molecule has 0 radical (unpaired) electrons. The van der Waals surface area contributed by atoms with Crippen LogP contribution in [0.1, 0.15) is 61.0 Å². The van der Waals surface area contributed by atoms with Crippen LogP contribution < -0.4 is 0 Å². The normalized spacial score (nSPS) is 27.4. The lowest BCUT2D eigenvalue weighted by atomic mass is 9.86. The van der Waals surface area contributed by atoms with Crippen LogP contribution in [0.15, 0.2) is 30.3 Å². The van der Waals surface area contributed by atoms with Crippen LogP contribution in [0.25, 0.3) is 0 Å². The molecular weight excluding hydrogens is 384 g/mol. The van der Waals surface area contributed by atoms with Gasteiger partial charge in [-0.05, 0) is 12.5 Å². The maximum absolute atomic E-state index is 11.0. The van der Waals surface area contributed by atoms with Crippen molar-refractivity contribution in [2.45, 2.75) is 89.9 Å². The van der Waals surface area contributed by atoms with Gasteiger partial charge >= 0.3 is 8.56 Å². The minimum atomic E-state index is -2.86. The molecular formula is C23H40O5Si. The highest BCUT2D eigenvalue weighted by atomic mass is 28.4. The van der Waals surface area contributed by atoms with E-state index in [1.165, 1.54) is 0 Å². The fourth-order valence-electron chi connectivity index (χ4n) is 4.50. The minimum Gasteiger partial charge on any atom is -0.393 e. The molecule has 1 fully saturated rings. The van der Waals surface area contributed by atoms with Gasteiger partial charge in [0, 0.05) is 16.0 Å². The number of benzene rings is 1. The molecule has 1 aromatic rings. The number of hydrogen-bond acceptors (Lipinski definition) is 5. The SMILES string of the molecule is C[C@H]1[C@H](COCc2ccccc2)O[Si](C(C)(C)C)(C(C)(C)C)O[C@@H]1[C@](C)(O)CO. The van der Waals surface area contributed by atoms with Gasteiger partial charge in [-0.25, -0.2) is 0 Å². The maximum atomic E-state index is 11.0. The molecule has 1 heterocycles. The molecule has 1 aliphatic heterocycles. The smallest absolute Gasteiger partial charge is 0.349 e. The number of rotatable bonds is 6. The summed E-state index contributed by atoms with van der Waals surface area (Å²) in [6.07, 6.45) is -0.753. The Labute approximate surface area is 177 Å². The Morgan fingerprint density at radius 2 is 1.52 bits per heavy atom. The van der Waals surface area contributed by atoms with Crippen LogP contribution in [0, 0.1) is 5.92 Å². The highest BCUT2D eigenvalue weighted by Gasteiger charge is 2.65. The van der Waals surface area contributed by atoms with Crippen molar-refractivity contribution in [1.82, 2.24) is 0 Å². The fourth-order valence-corrected chi connectivity index (χ4v) is 9.75. The molecule has 5 nitrogen and oxygen atoms in total. The van der Waals surface area contributed by atoms with E-state index in [1.807, 2.05) is 37.3 Å². The lowest BCUT2D eigenvalue weighted by Crippen LogP contribution is -2.70. The van der Waals surface area contributed by atoms with Crippen LogP contribution in [0.4, 0.5) is 0 Å². The molecule has 0 bridgehead atoms. The van der Waals surface area contributed by atoms with Gasteiger partial charge in [-0.3, -0.25) is 0 Å². The Morgan fingerprint density at radius 1 is 0.966 bits per heavy atom. The van der Waals surface area contributed by atoms with Gasteiger partial charge in [0.25, 0.3) is 0 Å². The van der Waals surface area contributed by atoms with Crippen LogP contribution in [0.2, 0.25) is 10.1 Å². The van der Waals surface area contributed by atoms with E-state index in [2.05, 4.69) is 41.5 Å². The van der Waals surface area contributed by atoms with Crippen LogP contribution in [-0.4, -0.2) is 49.8 Å². The largest absolute Gasteiger partial charge is 0.393 e. The van der Waals surface area contributed by atoms with Crippen molar-refractivity contribution >= 4 is 8.56 Å². The molecule has 6 heteroatoms. The van der Waals surface area contributed by atoms with E-state index >= 15 is 0 Å². The third kappa shape index (κ3) is 5.11. The number of ether oxygens (including phenoxy) is 1. The average Bonchev–Trinajstić information content (AvgIpc) is 2.62. The third-order valence-corrected chi connectivity index (χ3v) is 11.1.